The summed E-state index contributed by atoms with van der Waals surface area (Å²) in [5.41, 5.74) is 7.40. The Morgan fingerprint density at radius 2 is 1.09 bits per heavy atom. The molecule has 2 fully saturated rings. The topological polar surface area (TPSA) is 38.7 Å². The van der Waals surface area contributed by atoms with Gasteiger partial charge in [-0.1, -0.05) is 75.9 Å². The van der Waals surface area contributed by atoms with Crippen molar-refractivity contribution in [1.29, 1.82) is 0 Å². The zero-order valence-corrected chi connectivity index (χ0v) is 28.0. The van der Waals surface area contributed by atoms with Crippen LogP contribution in [0.1, 0.15) is 86.5 Å². The Labute approximate surface area is 277 Å². The molecule has 2 aliphatic carbocycles. The lowest BCUT2D eigenvalue weighted by molar-refractivity contribution is 0.281. The van der Waals surface area contributed by atoms with Crippen LogP contribution in [0.2, 0.25) is 0 Å². The molecule has 6 rings (SSSR count). The van der Waals surface area contributed by atoms with Gasteiger partial charge in [-0.05, 0) is 106 Å². The fourth-order valence-corrected chi connectivity index (χ4v) is 7.57. The summed E-state index contributed by atoms with van der Waals surface area (Å²) in [7, 11) is 3.19. The van der Waals surface area contributed by atoms with E-state index in [4.69, 9.17) is 21.1 Å². The van der Waals surface area contributed by atoms with Gasteiger partial charge in [0, 0.05) is 17.0 Å². The minimum Gasteiger partial charge on any atom is -0.497 e. The summed E-state index contributed by atoms with van der Waals surface area (Å²) in [5.74, 6) is 3.44. The maximum absolute atomic E-state index is 14.5. The highest BCUT2D eigenvalue weighted by Crippen LogP contribution is 2.45. The molecule has 46 heavy (non-hydrogen) atoms. The van der Waals surface area contributed by atoms with Crippen LogP contribution in [0, 0.1) is 23.5 Å². The lowest BCUT2D eigenvalue weighted by Crippen LogP contribution is -2.06. The number of hydrogen-bond acceptors (Lipinski definition) is 3. The minimum absolute atomic E-state index is 0.00890. The first-order valence-electron chi connectivity index (χ1n) is 16.4. The lowest BCUT2D eigenvalue weighted by Gasteiger charge is -2.21. The van der Waals surface area contributed by atoms with Crippen LogP contribution in [-0.2, 0) is 12.5 Å². The largest absolute Gasteiger partial charge is 0.497 e. The molecule has 6 heteroatoms. The quantitative estimate of drug-likeness (QED) is 0.194. The number of hydrogen-bond donors (Lipinski definition) is 1. The molecule has 0 saturated heterocycles. The van der Waals surface area contributed by atoms with Gasteiger partial charge in [-0.15, -0.1) is 11.6 Å². The van der Waals surface area contributed by atoms with Crippen LogP contribution in [0.4, 0.5) is 8.78 Å². The van der Waals surface area contributed by atoms with Gasteiger partial charge >= 0.3 is 0 Å². The highest BCUT2D eigenvalue weighted by Gasteiger charge is 2.29. The molecule has 1 N–H and O–H groups in total. The van der Waals surface area contributed by atoms with Gasteiger partial charge in [0.15, 0.2) is 0 Å². The Hall–Kier alpha value is -3.41. The Balaban J connectivity index is 0.000000181. The molecular weight excluding hydrogens is 602 g/mol. The molecule has 0 heterocycles. The van der Waals surface area contributed by atoms with E-state index in [2.05, 4.69) is 19.9 Å². The predicted octanol–water partition coefficient (Wildman–Crippen LogP) is 11.0. The van der Waals surface area contributed by atoms with Crippen molar-refractivity contribution in [3.63, 3.8) is 0 Å². The number of aliphatic hydroxyl groups excluding tert-OH is 1. The van der Waals surface area contributed by atoms with Crippen LogP contribution < -0.4 is 9.47 Å². The van der Waals surface area contributed by atoms with Crippen molar-refractivity contribution < 1.29 is 23.4 Å². The van der Waals surface area contributed by atoms with E-state index in [1.807, 2.05) is 30.3 Å². The summed E-state index contributed by atoms with van der Waals surface area (Å²) >= 11 is 6.03. The van der Waals surface area contributed by atoms with Gasteiger partial charge in [0.05, 0.1) is 20.8 Å². The van der Waals surface area contributed by atoms with Crippen molar-refractivity contribution in [1.82, 2.24) is 0 Å². The third kappa shape index (κ3) is 7.42. The Bertz CT molecular complexity index is 1520. The second kappa shape index (κ2) is 15.5. The van der Waals surface area contributed by atoms with Crippen molar-refractivity contribution in [2.24, 2.45) is 11.8 Å². The normalized spacial score (nSPS) is 20.7. The molecule has 0 bridgehead atoms. The number of halogens is 3. The number of ether oxygens (including phenoxy) is 2. The number of methoxy groups -OCH3 is 2. The van der Waals surface area contributed by atoms with Crippen LogP contribution in [0.15, 0.2) is 72.8 Å². The van der Waals surface area contributed by atoms with E-state index in [0.29, 0.717) is 52.2 Å². The molecule has 244 valence electrons. The summed E-state index contributed by atoms with van der Waals surface area (Å²) in [4.78, 5) is 0. The smallest absolute Gasteiger partial charge is 0.131 e. The molecule has 4 aromatic rings. The van der Waals surface area contributed by atoms with E-state index in [1.165, 1.54) is 43.4 Å². The molecule has 4 atom stereocenters. The Morgan fingerprint density at radius 1 is 0.630 bits per heavy atom. The Kier molecular flexibility index (Phi) is 11.4. The summed E-state index contributed by atoms with van der Waals surface area (Å²) in [6, 6.07) is 21.8. The molecule has 0 unspecified atom stereocenters. The first-order chi connectivity index (χ1) is 22.3. The second-order valence-corrected chi connectivity index (χ2v) is 13.1. The van der Waals surface area contributed by atoms with Crippen molar-refractivity contribution >= 4 is 11.6 Å². The van der Waals surface area contributed by atoms with E-state index < -0.39 is 0 Å². The predicted molar refractivity (Wildman–Crippen MR) is 184 cm³/mol. The molecule has 0 radical (unpaired) electrons. The molecule has 2 aliphatic rings. The van der Waals surface area contributed by atoms with Crippen LogP contribution in [0.5, 0.6) is 11.5 Å². The number of benzene rings is 4. The van der Waals surface area contributed by atoms with Gasteiger partial charge in [-0.25, -0.2) is 8.78 Å². The third-order valence-electron chi connectivity index (χ3n) is 10.0. The number of rotatable bonds is 8. The van der Waals surface area contributed by atoms with E-state index in [1.54, 1.807) is 38.5 Å². The summed E-state index contributed by atoms with van der Waals surface area (Å²) in [6.07, 6.45) is 7.15. The average molecular weight is 647 g/mol. The van der Waals surface area contributed by atoms with E-state index in [0.717, 1.165) is 40.7 Å². The highest BCUT2D eigenvalue weighted by atomic mass is 35.5. The van der Waals surface area contributed by atoms with Crippen LogP contribution in [0.25, 0.3) is 22.3 Å². The first kappa shape index (κ1) is 33.9. The van der Waals surface area contributed by atoms with E-state index in [-0.39, 0.29) is 18.2 Å². The van der Waals surface area contributed by atoms with Gasteiger partial charge in [0.25, 0.3) is 0 Å². The fraction of sp³-hybridized carbons (Fsp3) is 0.400. The van der Waals surface area contributed by atoms with Gasteiger partial charge in [0.2, 0.25) is 0 Å². The lowest BCUT2D eigenvalue weighted by atomic mass is 9.84. The molecule has 0 spiro atoms. The maximum atomic E-state index is 14.5. The Morgan fingerprint density at radius 3 is 1.48 bits per heavy atom. The maximum Gasteiger partial charge on any atom is 0.131 e. The first-order valence-corrected chi connectivity index (χ1v) is 16.9. The van der Waals surface area contributed by atoms with Gasteiger partial charge in [-0.3, -0.25) is 0 Å². The van der Waals surface area contributed by atoms with E-state index in [9.17, 15) is 13.9 Å². The number of aliphatic hydroxyl groups is 1. The third-order valence-corrected chi connectivity index (χ3v) is 10.3. The molecule has 0 aliphatic heterocycles. The highest BCUT2D eigenvalue weighted by molar-refractivity contribution is 6.17. The molecule has 2 saturated carbocycles. The van der Waals surface area contributed by atoms with Crippen LogP contribution in [0.3, 0.4) is 0 Å². The van der Waals surface area contributed by atoms with Gasteiger partial charge in [0.1, 0.15) is 23.1 Å². The fourth-order valence-electron chi connectivity index (χ4n) is 7.40. The molecular formula is C40H45ClF2O3. The molecule has 0 aromatic heterocycles. The van der Waals surface area contributed by atoms with Crippen molar-refractivity contribution in [3.8, 4) is 33.8 Å². The monoisotopic (exact) mass is 646 g/mol. The van der Waals surface area contributed by atoms with Crippen molar-refractivity contribution in [3.05, 3.63) is 107 Å². The summed E-state index contributed by atoms with van der Waals surface area (Å²) < 4.78 is 39.4. The number of alkyl halides is 1. The summed E-state index contributed by atoms with van der Waals surface area (Å²) in [6.45, 7) is 4.56. The summed E-state index contributed by atoms with van der Waals surface area (Å²) in [5, 5.41) is 9.47. The molecule has 4 aromatic carbocycles. The minimum atomic E-state index is -0.241. The van der Waals surface area contributed by atoms with Crippen molar-refractivity contribution in [2.75, 3.05) is 14.2 Å². The zero-order valence-electron chi connectivity index (χ0n) is 27.3. The van der Waals surface area contributed by atoms with Gasteiger partial charge < -0.3 is 14.6 Å². The second-order valence-electron chi connectivity index (χ2n) is 12.9. The average Bonchev–Trinajstić information content (AvgIpc) is 3.72. The van der Waals surface area contributed by atoms with Crippen molar-refractivity contribution in [2.45, 2.75) is 76.7 Å². The van der Waals surface area contributed by atoms with Crippen LogP contribution in [-0.4, -0.2) is 19.3 Å². The SMILES string of the molecule is COc1ccc(F)c(-c2ccc(CCl)cc2[C@H]2CCC[C@@H]2C)c1.COc1ccc(F)c(-c2ccc(CO)cc2[C@H]2CCC[C@@H]2C)c1. The molecule has 3 nitrogen and oxygen atoms in total. The zero-order chi connectivity index (χ0) is 32.8. The molecule has 0 amide bonds. The van der Waals surface area contributed by atoms with E-state index >= 15 is 0 Å². The van der Waals surface area contributed by atoms with Gasteiger partial charge in [-0.2, -0.15) is 0 Å². The standard InChI is InChI=1S/C20H22ClFO.C20H23FO2/c1-13-4-3-5-16(13)18-10-14(12-21)6-8-17(18)19-11-15(23-2)7-9-20(19)22;1-13-4-3-5-16(13)18-10-14(12-22)6-8-17(18)19-11-15(23-2)7-9-20(19)21/h6-11,13,16H,3-5,12H2,1-2H3;6-11,13,16,22H,3-5,12H2,1-2H3/t2*13-,16-/m00/s1. The van der Waals surface area contributed by atoms with Crippen LogP contribution >= 0.6 is 11.6 Å².